The summed E-state index contributed by atoms with van der Waals surface area (Å²) in [7, 11) is 0. The highest BCUT2D eigenvalue weighted by Gasteiger charge is 2.30. The van der Waals surface area contributed by atoms with Gasteiger partial charge in [-0.15, -0.1) is 0 Å². The molecule has 3 N–H and O–H groups in total. The number of hydrogen-bond donors (Lipinski definition) is 3. The topological polar surface area (TPSA) is 81.7 Å². The molecule has 0 unspecified atom stereocenters. The van der Waals surface area contributed by atoms with Crippen LogP contribution in [0.5, 0.6) is 0 Å². The van der Waals surface area contributed by atoms with Crippen molar-refractivity contribution in [2.24, 2.45) is 5.92 Å². The number of carboxylic acids is 1. The average molecular weight is 283 g/mol. The number of likely N-dealkylation sites (tertiary alicyclic amines) is 1. The van der Waals surface area contributed by atoms with Gasteiger partial charge in [0.05, 0.1) is 5.92 Å². The molecule has 2 atom stereocenters. The summed E-state index contributed by atoms with van der Waals surface area (Å²) >= 11 is 0. The Kier molecular flexibility index (Phi) is 5.64. The second-order valence-corrected chi connectivity index (χ2v) is 5.85. The summed E-state index contributed by atoms with van der Waals surface area (Å²) in [4.78, 5) is 24.9. The number of carbonyl (C=O) groups is 2. The lowest BCUT2D eigenvalue weighted by atomic mass is 10.1. The van der Waals surface area contributed by atoms with Crippen LogP contribution in [0.4, 0.5) is 4.79 Å². The van der Waals surface area contributed by atoms with Gasteiger partial charge in [-0.05, 0) is 58.2 Å². The number of carboxylic acid groups (broad SMARTS) is 1. The van der Waals surface area contributed by atoms with Crippen LogP contribution in [0.15, 0.2) is 0 Å². The Bertz CT molecular complexity index is 343. The van der Waals surface area contributed by atoms with Gasteiger partial charge in [-0.2, -0.15) is 0 Å². The molecule has 0 spiro atoms. The van der Waals surface area contributed by atoms with Crippen LogP contribution in [0.1, 0.15) is 38.5 Å². The van der Waals surface area contributed by atoms with Crippen molar-refractivity contribution in [2.45, 2.75) is 44.6 Å². The van der Waals surface area contributed by atoms with Gasteiger partial charge in [-0.3, -0.25) is 4.79 Å². The molecule has 0 radical (unpaired) electrons. The summed E-state index contributed by atoms with van der Waals surface area (Å²) in [5.74, 6) is -1.05. The van der Waals surface area contributed by atoms with E-state index in [0.29, 0.717) is 19.4 Å². The van der Waals surface area contributed by atoms with Gasteiger partial charge in [-0.1, -0.05) is 0 Å². The van der Waals surface area contributed by atoms with Crippen molar-refractivity contribution in [3.8, 4) is 0 Å². The van der Waals surface area contributed by atoms with Gasteiger partial charge in [0.25, 0.3) is 0 Å². The molecule has 6 nitrogen and oxygen atoms in total. The first-order valence-electron chi connectivity index (χ1n) is 7.64. The van der Waals surface area contributed by atoms with E-state index in [1.807, 2.05) is 0 Å². The minimum atomic E-state index is -0.750. The van der Waals surface area contributed by atoms with Crippen molar-refractivity contribution in [2.75, 3.05) is 26.2 Å². The van der Waals surface area contributed by atoms with Crippen LogP contribution in [0.25, 0.3) is 0 Å². The Morgan fingerprint density at radius 2 is 1.95 bits per heavy atom. The minimum Gasteiger partial charge on any atom is -0.481 e. The molecule has 2 amide bonds. The summed E-state index contributed by atoms with van der Waals surface area (Å²) < 4.78 is 0. The Labute approximate surface area is 119 Å². The SMILES string of the molecule is O=C(NCCCN1CCCC1)N[C@H]1CC[C@@H](C(=O)O)C1. The zero-order valence-corrected chi connectivity index (χ0v) is 11.9. The lowest BCUT2D eigenvalue weighted by Crippen LogP contribution is -2.42. The molecular weight excluding hydrogens is 258 g/mol. The Morgan fingerprint density at radius 3 is 2.60 bits per heavy atom. The quantitative estimate of drug-likeness (QED) is 0.636. The summed E-state index contributed by atoms with van der Waals surface area (Å²) in [5.41, 5.74) is 0. The van der Waals surface area contributed by atoms with Crippen LogP contribution in [-0.4, -0.2) is 54.2 Å². The van der Waals surface area contributed by atoms with E-state index in [0.717, 1.165) is 19.4 Å². The minimum absolute atomic E-state index is 0.00896. The lowest BCUT2D eigenvalue weighted by Gasteiger charge is -2.16. The lowest BCUT2D eigenvalue weighted by molar-refractivity contribution is -0.141. The predicted molar refractivity (Wildman–Crippen MR) is 75.6 cm³/mol. The van der Waals surface area contributed by atoms with Crippen molar-refractivity contribution in [1.29, 1.82) is 0 Å². The van der Waals surface area contributed by atoms with E-state index < -0.39 is 5.97 Å². The molecule has 20 heavy (non-hydrogen) atoms. The molecule has 0 aromatic rings. The van der Waals surface area contributed by atoms with Gasteiger partial charge in [0.1, 0.15) is 0 Å². The van der Waals surface area contributed by atoms with E-state index in [1.165, 1.54) is 25.9 Å². The molecule has 114 valence electrons. The van der Waals surface area contributed by atoms with Crippen LogP contribution in [-0.2, 0) is 4.79 Å². The largest absolute Gasteiger partial charge is 0.481 e. The van der Waals surface area contributed by atoms with Gasteiger partial charge in [0.2, 0.25) is 0 Å². The van der Waals surface area contributed by atoms with Gasteiger partial charge in [-0.25, -0.2) is 4.79 Å². The van der Waals surface area contributed by atoms with E-state index in [1.54, 1.807) is 0 Å². The van der Waals surface area contributed by atoms with E-state index in [2.05, 4.69) is 15.5 Å². The molecule has 1 aliphatic carbocycles. The molecule has 6 heteroatoms. The number of rotatable bonds is 6. The third-order valence-electron chi connectivity index (χ3n) is 4.25. The first-order chi connectivity index (χ1) is 9.65. The average Bonchev–Trinajstić information content (AvgIpc) is 3.05. The maximum atomic E-state index is 11.7. The molecule has 1 saturated heterocycles. The number of carbonyl (C=O) groups excluding carboxylic acids is 1. The predicted octanol–water partition coefficient (Wildman–Crippen LogP) is 1.02. The first kappa shape index (κ1) is 15.1. The van der Waals surface area contributed by atoms with E-state index in [9.17, 15) is 9.59 Å². The van der Waals surface area contributed by atoms with Crippen LogP contribution >= 0.6 is 0 Å². The van der Waals surface area contributed by atoms with Crippen molar-refractivity contribution in [3.63, 3.8) is 0 Å². The fourth-order valence-corrected chi connectivity index (χ4v) is 3.08. The van der Waals surface area contributed by atoms with Crippen LogP contribution in [0.2, 0.25) is 0 Å². The number of hydrogen-bond acceptors (Lipinski definition) is 3. The first-order valence-corrected chi connectivity index (χ1v) is 7.64. The zero-order chi connectivity index (χ0) is 14.4. The van der Waals surface area contributed by atoms with Crippen LogP contribution < -0.4 is 10.6 Å². The monoisotopic (exact) mass is 283 g/mol. The summed E-state index contributed by atoms with van der Waals surface area (Å²) in [5, 5.41) is 14.6. The number of urea groups is 1. The fourth-order valence-electron chi connectivity index (χ4n) is 3.08. The molecule has 0 aromatic heterocycles. The van der Waals surface area contributed by atoms with Crippen molar-refractivity contribution >= 4 is 12.0 Å². The van der Waals surface area contributed by atoms with Crippen molar-refractivity contribution in [1.82, 2.24) is 15.5 Å². The molecule has 2 fully saturated rings. The zero-order valence-electron chi connectivity index (χ0n) is 11.9. The third-order valence-corrected chi connectivity index (χ3v) is 4.25. The van der Waals surface area contributed by atoms with E-state index >= 15 is 0 Å². The Hall–Kier alpha value is -1.30. The molecule has 2 rings (SSSR count). The standard InChI is InChI=1S/C14H25N3O3/c18-13(19)11-4-5-12(10-11)16-14(20)15-6-3-9-17-7-1-2-8-17/h11-12H,1-10H2,(H,18,19)(H2,15,16,20)/t11-,12+/m1/s1. The molecule has 0 aromatic carbocycles. The highest BCUT2D eigenvalue weighted by molar-refractivity contribution is 5.75. The molecule has 0 bridgehead atoms. The molecule has 2 aliphatic rings. The Morgan fingerprint density at radius 1 is 1.20 bits per heavy atom. The Balaban J connectivity index is 1.53. The number of amides is 2. The van der Waals surface area contributed by atoms with Gasteiger partial charge in [0.15, 0.2) is 0 Å². The summed E-state index contributed by atoms with van der Waals surface area (Å²) in [6, 6.07) is -0.155. The second kappa shape index (κ2) is 7.47. The fraction of sp³-hybridized carbons (Fsp3) is 0.857. The number of nitrogens with one attached hydrogen (secondary N) is 2. The highest BCUT2D eigenvalue weighted by atomic mass is 16.4. The smallest absolute Gasteiger partial charge is 0.315 e. The molecule has 1 saturated carbocycles. The third kappa shape index (κ3) is 4.67. The van der Waals surface area contributed by atoms with Crippen molar-refractivity contribution < 1.29 is 14.7 Å². The van der Waals surface area contributed by atoms with Crippen LogP contribution in [0, 0.1) is 5.92 Å². The number of nitrogens with zero attached hydrogens (tertiary/aromatic N) is 1. The maximum absolute atomic E-state index is 11.7. The molecule has 1 heterocycles. The number of aliphatic carboxylic acids is 1. The van der Waals surface area contributed by atoms with E-state index in [4.69, 9.17) is 5.11 Å². The normalized spacial score (nSPS) is 26.6. The maximum Gasteiger partial charge on any atom is 0.315 e. The van der Waals surface area contributed by atoms with Gasteiger partial charge >= 0.3 is 12.0 Å². The summed E-state index contributed by atoms with van der Waals surface area (Å²) in [6.45, 7) is 4.10. The van der Waals surface area contributed by atoms with Gasteiger partial charge in [0, 0.05) is 12.6 Å². The molecular formula is C14H25N3O3. The van der Waals surface area contributed by atoms with Crippen LogP contribution in [0.3, 0.4) is 0 Å². The highest BCUT2D eigenvalue weighted by Crippen LogP contribution is 2.25. The second-order valence-electron chi connectivity index (χ2n) is 5.85. The van der Waals surface area contributed by atoms with Gasteiger partial charge < -0.3 is 20.6 Å². The van der Waals surface area contributed by atoms with Crippen molar-refractivity contribution in [3.05, 3.63) is 0 Å². The van der Waals surface area contributed by atoms with E-state index in [-0.39, 0.29) is 18.0 Å². The molecule has 1 aliphatic heterocycles. The summed E-state index contributed by atoms with van der Waals surface area (Å²) in [6.07, 6.45) is 5.53.